The summed E-state index contributed by atoms with van der Waals surface area (Å²) in [6.45, 7) is 4.48. The molecule has 0 radical (unpaired) electrons. The number of nitrogens with zero attached hydrogens (tertiary/aromatic N) is 3. The van der Waals surface area contributed by atoms with Crippen LogP contribution in [-0.2, 0) is 6.54 Å². The number of rotatable bonds is 8. The Morgan fingerprint density at radius 1 is 1.44 bits per heavy atom. The van der Waals surface area contributed by atoms with Crippen LogP contribution in [0.5, 0.6) is 0 Å². The SMILES string of the molecule is CCCCCCSc1cn(CC(C)O)nn1. The van der Waals surface area contributed by atoms with Gasteiger partial charge in [-0.2, -0.15) is 0 Å². The highest BCUT2D eigenvalue weighted by Gasteiger charge is 2.03. The van der Waals surface area contributed by atoms with Crippen molar-refractivity contribution in [1.29, 1.82) is 0 Å². The molecule has 0 saturated heterocycles. The zero-order chi connectivity index (χ0) is 11.8. The molecule has 16 heavy (non-hydrogen) atoms. The lowest BCUT2D eigenvalue weighted by Gasteiger charge is -2.01. The molecule has 0 aromatic carbocycles. The molecule has 0 saturated carbocycles. The smallest absolute Gasteiger partial charge is 0.138 e. The molecule has 0 fully saturated rings. The van der Waals surface area contributed by atoms with Crippen LogP contribution < -0.4 is 0 Å². The molecule has 5 heteroatoms. The van der Waals surface area contributed by atoms with Gasteiger partial charge in [-0.25, -0.2) is 4.68 Å². The van der Waals surface area contributed by atoms with Crippen molar-refractivity contribution in [3.05, 3.63) is 6.20 Å². The first-order valence-electron chi connectivity index (χ1n) is 5.93. The van der Waals surface area contributed by atoms with Gasteiger partial charge < -0.3 is 5.11 Å². The molecule has 0 amide bonds. The Balaban J connectivity index is 2.19. The molecule has 0 aliphatic carbocycles. The topological polar surface area (TPSA) is 50.9 Å². The molecule has 4 nitrogen and oxygen atoms in total. The van der Waals surface area contributed by atoms with Gasteiger partial charge in [0.1, 0.15) is 5.03 Å². The molecule has 1 rings (SSSR count). The summed E-state index contributed by atoms with van der Waals surface area (Å²) in [6.07, 6.45) is 6.65. The monoisotopic (exact) mass is 243 g/mol. The predicted octanol–water partition coefficient (Wildman–Crippen LogP) is 2.33. The molecule has 1 N–H and O–H groups in total. The Morgan fingerprint density at radius 3 is 2.94 bits per heavy atom. The molecule has 1 aromatic heterocycles. The maximum absolute atomic E-state index is 9.19. The van der Waals surface area contributed by atoms with E-state index in [1.807, 2.05) is 6.20 Å². The second-order valence-electron chi connectivity index (χ2n) is 4.04. The first-order chi connectivity index (χ1) is 7.72. The van der Waals surface area contributed by atoms with Crippen molar-refractivity contribution in [1.82, 2.24) is 15.0 Å². The van der Waals surface area contributed by atoms with Crippen LogP contribution in [0.4, 0.5) is 0 Å². The predicted molar refractivity (Wildman–Crippen MR) is 66.6 cm³/mol. The maximum Gasteiger partial charge on any atom is 0.138 e. The van der Waals surface area contributed by atoms with Gasteiger partial charge in [0.25, 0.3) is 0 Å². The van der Waals surface area contributed by atoms with Crippen LogP contribution in [0.2, 0.25) is 0 Å². The fourth-order valence-corrected chi connectivity index (χ4v) is 2.26. The lowest BCUT2D eigenvalue weighted by molar-refractivity contribution is 0.167. The third kappa shape index (κ3) is 5.51. The van der Waals surface area contributed by atoms with E-state index in [0.29, 0.717) is 6.54 Å². The molecule has 0 bridgehead atoms. The molecule has 0 aliphatic heterocycles. The molecule has 0 spiro atoms. The lowest BCUT2D eigenvalue weighted by atomic mass is 10.2. The fraction of sp³-hybridized carbons (Fsp3) is 0.818. The molecule has 1 atom stereocenters. The number of aliphatic hydroxyl groups excluding tert-OH is 1. The number of hydrogen-bond donors (Lipinski definition) is 1. The van der Waals surface area contributed by atoms with E-state index in [9.17, 15) is 5.11 Å². The Morgan fingerprint density at radius 2 is 2.25 bits per heavy atom. The van der Waals surface area contributed by atoms with Gasteiger partial charge in [-0.1, -0.05) is 31.4 Å². The van der Waals surface area contributed by atoms with E-state index in [1.54, 1.807) is 23.4 Å². The Kier molecular flexibility index (Phi) is 6.49. The Bertz CT molecular complexity index is 289. The zero-order valence-electron chi connectivity index (χ0n) is 10.1. The van der Waals surface area contributed by atoms with Gasteiger partial charge in [-0.15, -0.1) is 16.9 Å². The molecule has 1 unspecified atom stereocenters. The number of aromatic nitrogens is 3. The van der Waals surface area contributed by atoms with Gasteiger partial charge in [0.2, 0.25) is 0 Å². The van der Waals surface area contributed by atoms with Crippen molar-refractivity contribution >= 4 is 11.8 Å². The second kappa shape index (κ2) is 7.68. The summed E-state index contributed by atoms with van der Waals surface area (Å²) in [5.41, 5.74) is 0. The highest BCUT2D eigenvalue weighted by Crippen LogP contribution is 2.16. The van der Waals surface area contributed by atoms with E-state index in [1.165, 1.54) is 25.7 Å². The van der Waals surface area contributed by atoms with Gasteiger partial charge in [0.15, 0.2) is 0 Å². The van der Waals surface area contributed by atoms with Gasteiger partial charge >= 0.3 is 0 Å². The lowest BCUT2D eigenvalue weighted by Crippen LogP contribution is -2.11. The Labute approximate surface area is 101 Å². The number of aliphatic hydroxyl groups is 1. The average Bonchev–Trinajstić information content (AvgIpc) is 2.64. The highest BCUT2D eigenvalue weighted by atomic mass is 32.2. The number of thioether (sulfide) groups is 1. The molecule has 0 aliphatic rings. The van der Waals surface area contributed by atoms with Crippen LogP contribution in [0.15, 0.2) is 11.2 Å². The minimum absolute atomic E-state index is 0.371. The van der Waals surface area contributed by atoms with Crippen molar-refractivity contribution in [3.63, 3.8) is 0 Å². The largest absolute Gasteiger partial charge is 0.391 e. The van der Waals surface area contributed by atoms with Gasteiger partial charge in [-0.05, 0) is 19.1 Å². The quantitative estimate of drug-likeness (QED) is 0.562. The van der Waals surface area contributed by atoms with Crippen LogP contribution in [0.1, 0.15) is 39.5 Å². The normalized spacial score (nSPS) is 12.9. The zero-order valence-corrected chi connectivity index (χ0v) is 10.9. The second-order valence-corrected chi connectivity index (χ2v) is 5.15. The highest BCUT2D eigenvalue weighted by molar-refractivity contribution is 7.99. The van der Waals surface area contributed by atoms with E-state index in [0.717, 1.165) is 10.8 Å². The van der Waals surface area contributed by atoms with E-state index in [2.05, 4.69) is 17.2 Å². The minimum atomic E-state index is -0.371. The first-order valence-corrected chi connectivity index (χ1v) is 6.92. The summed E-state index contributed by atoms with van der Waals surface area (Å²) in [7, 11) is 0. The van der Waals surface area contributed by atoms with Crippen molar-refractivity contribution < 1.29 is 5.11 Å². The Hall–Kier alpha value is -0.550. The number of hydrogen-bond acceptors (Lipinski definition) is 4. The summed E-state index contributed by atoms with van der Waals surface area (Å²) in [5, 5.41) is 18.2. The first kappa shape index (κ1) is 13.5. The van der Waals surface area contributed by atoms with E-state index in [4.69, 9.17) is 0 Å². The number of unbranched alkanes of at least 4 members (excludes halogenated alkanes) is 3. The molecule has 1 heterocycles. The molecular formula is C11H21N3OS. The van der Waals surface area contributed by atoms with Crippen molar-refractivity contribution in [3.8, 4) is 0 Å². The van der Waals surface area contributed by atoms with Crippen molar-refractivity contribution in [2.24, 2.45) is 0 Å². The van der Waals surface area contributed by atoms with Gasteiger partial charge in [-0.3, -0.25) is 0 Å². The molecule has 92 valence electrons. The summed E-state index contributed by atoms with van der Waals surface area (Å²) >= 11 is 1.74. The third-order valence-corrected chi connectivity index (χ3v) is 3.19. The van der Waals surface area contributed by atoms with Crippen LogP contribution in [0.3, 0.4) is 0 Å². The van der Waals surface area contributed by atoms with Crippen LogP contribution in [-0.4, -0.2) is 32.0 Å². The third-order valence-electron chi connectivity index (χ3n) is 2.22. The summed E-state index contributed by atoms with van der Waals surface area (Å²) in [6, 6.07) is 0. The van der Waals surface area contributed by atoms with Crippen LogP contribution in [0.25, 0.3) is 0 Å². The average molecular weight is 243 g/mol. The van der Waals surface area contributed by atoms with Crippen molar-refractivity contribution in [2.45, 2.75) is 57.2 Å². The summed E-state index contributed by atoms with van der Waals surface area (Å²) in [5.74, 6) is 1.10. The fourth-order valence-electron chi connectivity index (χ4n) is 1.41. The van der Waals surface area contributed by atoms with E-state index >= 15 is 0 Å². The molecular weight excluding hydrogens is 222 g/mol. The van der Waals surface area contributed by atoms with Crippen LogP contribution >= 0.6 is 11.8 Å². The summed E-state index contributed by atoms with van der Waals surface area (Å²) in [4.78, 5) is 0. The summed E-state index contributed by atoms with van der Waals surface area (Å²) < 4.78 is 1.69. The van der Waals surface area contributed by atoms with E-state index < -0.39 is 0 Å². The standard InChI is InChI=1S/C11H21N3OS/c1-3-4-5-6-7-16-11-9-14(13-12-11)8-10(2)15/h9-10,15H,3-8H2,1-2H3. The van der Waals surface area contributed by atoms with E-state index in [-0.39, 0.29) is 6.10 Å². The van der Waals surface area contributed by atoms with Gasteiger partial charge in [0, 0.05) is 0 Å². The molecule has 1 aromatic rings. The minimum Gasteiger partial charge on any atom is -0.391 e. The van der Waals surface area contributed by atoms with Gasteiger partial charge in [0.05, 0.1) is 18.8 Å². The maximum atomic E-state index is 9.19. The van der Waals surface area contributed by atoms with Crippen LogP contribution in [0, 0.1) is 0 Å². The van der Waals surface area contributed by atoms with Crippen molar-refractivity contribution in [2.75, 3.05) is 5.75 Å².